The van der Waals surface area contributed by atoms with Gasteiger partial charge in [-0.2, -0.15) is 0 Å². The first-order valence-corrected chi connectivity index (χ1v) is 9.35. The van der Waals surface area contributed by atoms with Crippen LogP contribution in [0.1, 0.15) is 44.1 Å². The fraction of sp³-hybridized carbons (Fsp3) is 0.625. The molecule has 0 spiro atoms. The molecule has 1 fully saturated rings. The van der Waals surface area contributed by atoms with Crippen LogP contribution in [0.5, 0.6) is 0 Å². The second kappa shape index (κ2) is 7.27. The van der Waals surface area contributed by atoms with E-state index in [1.54, 1.807) is 4.31 Å². The molecule has 1 aliphatic rings. The Bertz CT molecular complexity index is 551. The number of rotatable bonds is 6. The second-order valence-corrected chi connectivity index (χ2v) is 7.94. The normalized spacial score (nSPS) is 16.9. The third-order valence-corrected chi connectivity index (χ3v) is 6.54. The Kier molecular flexibility index (Phi) is 5.65. The predicted molar refractivity (Wildman–Crippen MR) is 88.0 cm³/mol. The highest BCUT2D eigenvalue weighted by molar-refractivity contribution is 7.93. The highest BCUT2D eigenvalue weighted by Crippen LogP contribution is 2.30. The largest absolute Gasteiger partial charge is 0.330 e. The molecule has 0 unspecified atom stereocenters. The maximum absolute atomic E-state index is 13.0. The summed E-state index contributed by atoms with van der Waals surface area (Å²) in [7, 11) is -3.29. The summed E-state index contributed by atoms with van der Waals surface area (Å²) >= 11 is 0. The number of anilines is 1. The molecule has 1 aromatic carbocycles. The van der Waals surface area contributed by atoms with Crippen molar-refractivity contribution >= 4 is 15.7 Å². The van der Waals surface area contributed by atoms with Crippen LogP contribution in [0.2, 0.25) is 0 Å². The summed E-state index contributed by atoms with van der Waals surface area (Å²) in [6.07, 6.45) is 5.44. The molecular formula is C16H26N2O2S. The standard InChI is InChI=1S/C16H26N2O2S/c1-14-8-5-6-11-16(14)18(13-7-12-17)21(19,20)15-9-3-2-4-10-15/h5-6,8,11,15H,2-4,7,9-10,12-13,17H2,1H3. The average Bonchev–Trinajstić information content (AvgIpc) is 2.50. The lowest BCUT2D eigenvalue weighted by molar-refractivity contribution is 0.481. The summed E-state index contributed by atoms with van der Waals surface area (Å²) in [4.78, 5) is 0. The van der Waals surface area contributed by atoms with Crippen LogP contribution < -0.4 is 10.0 Å². The van der Waals surface area contributed by atoms with Gasteiger partial charge >= 0.3 is 0 Å². The van der Waals surface area contributed by atoms with Gasteiger partial charge in [-0.15, -0.1) is 0 Å². The summed E-state index contributed by atoms with van der Waals surface area (Å²) in [5, 5.41) is -0.233. The van der Waals surface area contributed by atoms with E-state index in [1.165, 1.54) is 0 Å². The molecule has 21 heavy (non-hydrogen) atoms. The molecular weight excluding hydrogens is 284 g/mol. The van der Waals surface area contributed by atoms with Crippen molar-refractivity contribution in [3.05, 3.63) is 29.8 Å². The monoisotopic (exact) mass is 310 g/mol. The van der Waals surface area contributed by atoms with Gasteiger partial charge in [0.15, 0.2) is 0 Å². The Hall–Kier alpha value is -1.07. The lowest BCUT2D eigenvalue weighted by Crippen LogP contribution is -2.41. The van der Waals surface area contributed by atoms with Crippen molar-refractivity contribution < 1.29 is 8.42 Å². The van der Waals surface area contributed by atoms with Crippen molar-refractivity contribution in [2.45, 2.75) is 50.7 Å². The van der Waals surface area contributed by atoms with E-state index < -0.39 is 10.0 Å². The molecule has 0 atom stereocenters. The molecule has 1 aromatic rings. The number of aryl methyl sites for hydroxylation is 1. The Morgan fingerprint density at radius 3 is 2.48 bits per heavy atom. The molecule has 118 valence electrons. The number of sulfonamides is 1. The maximum atomic E-state index is 13.0. The topological polar surface area (TPSA) is 63.4 Å². The number of para-hydroxylation sites is 1. The van der Waals surface area contributed by atoms with Crippen LogP contribution in [0.3, 0.4) is 0 Å². The first-order chi connectivity index (χ1) is 10.1. The van der Waals surface area contributed by atoms with Crippen molar-refractivity contribution in [2.75, 3.05) is 17.4 Å². The Labute approximate surface area is 128 Å². The molecule has 0 saturated heterocycles. The minimum Gasteiger partial charge on any atom is -0.330 e. The van der Waals surface area contributed by atoms with E-state index in [0.717, 1.165) is 43.4 Å². The quantitative estimate of drug-likeness (QED) is 0.878. The molecule has 1 saturated carbocycles. The van der Waals surface area contributed by atoms with E-state index in [9.17, 15) is 8.42 Å². The van der Waals surface area contributed by atoms with Crippen LogP contribution in [0.4, 0.5) is 5.69 Å². The maximum Gasteiger partial charge on any atom is 0.238 e. The lowest BCUT2D eigenvalue weighted by Gasteiger charge is -2.32. The van der Waals surface area contributed by atoms with Gasteiger partial charge in [0.1, 0.15) is 0 Å². The van der Waals surface area contributed by atoms with Crippen LogP contribution in [0, 0.1) is 6.92 Å². The van der Waals surface area contributed by atoms with Crippen molar-refractivity contribution in [3.63, 3.8) is 0 Å². The smallest absolute Gasteiger partial charge is 0.238 e. The number of hydrogen-bond acceptors (Lipinski definition) is 3. The van der Waals surface area contributed by atoms with Gasteiger partial charge in [-0.1, -0.05) is 37.5 Å². The minimum absolute atomic E-state index is 0.233. The minimum atomic E-state index is -3.29. The van der Waals surface area contributed by atoms with E-state index in [0.29, 0.717) is 19.5 Å². The third kappa shape index (κ3) is 3.77. The van der Waals surface area contributed by atoms with Crippen LogP contribution in [0.15, 0.2) is 24.3 Å². The zero-order chi connectivity index (χ0) is 15.3. The molecule has 1 aliphatic carbocycles. The SMILES string of the molecule is Cc1ccccc1N(CCCN)S(=O)(=O)C1CCCCC1. The van der Waals surface area contributed by atoms with Crippen molar-refractivity contribution in [3.8, 4) is 0 Å². The van der Waals surface area contributed by atoms with Crippen LogP contribution >= 0.6 is 0 Å². The van der Waals surface area contributed by atoms with Crippen molar-refractivity contribution in [1.29, 1.82) is 0 Å². The number of nitrogens with two attached hydrogens (primary N) is 1. The molecule has 2 rings (SSSR count). The highest BCUT2D eigenvalue weighted by Gasteiger charge is 2.33. The zero-order valence-electron chi connectivity index (χ0n) is 12.8. The molecule has 0 radical (unpaired) electrons. The van der Waals surface area contributed by atoms with Gasteiger partial charge < -0.3 is 5.73 Å². The number of hydrogen-bond donors (Lipinski definition) is 1. The molecule has 0 aromatic heterocycles. The molecule has 0 amide bonds. The summed E-state index contributed by atoms with van der Waals surface area (Å²) in [5.41, 5.74) is 7.39. The average molecular weight is 310 g/mol. The Balaban J connectivity index is 2.32. The fourth-order valence-corrected chi connectivity index (χ4v) is 5.16. The van der Waals surface area contributed by atoms with Crippen LogP contribution in [-0.2, 0) is 10.0 Å². The van der Waals surface area contributed by atoms with Gasteiger partial charge in [0.05, 0.1) is 10.9 Å². The van der Waals surface area contributed by atoms with Gasteiger partial charge in [-0.25, -0.2) is 8.42 Å². The Morgan fingerprint density at radius 1 is 1.19 bits per heavy atom. The molecule has 4 nitrogen and oxygen atoms in total. The van der Waals surface area contributed by atoms with Gasteiger partial charge in [0, 0.05) is 6.54 Å². The molecule has 5 heteroatoms. The number of nitrogens with zero attached hydrogens (tertiary/aromatic N) is 1. The Morgan fingerprint density at radius 2 is 1.86 bits per heavy atom. The van der Waals surface area contributed by atoms with Gasteiger partial charge in [-0.3, -0.25) is 4.31 Å². The van der Waals surface area contributed by atoms with Crippen LogP contribution in [-0.4, -0.2) is 26.8 Å². The highest BCUT2D eigenvalue weighted by atomic mass is 32.2. The van der Waals surface area contributed by atoms with E-state index >= 15 is 0 Å². The molecule has 0 bridgehead atoms. The summed E-state index contributed by atoms with van der Waals surface area (Å²) in [5.74, 6) is 0. The van der Waals surface area contributed by atoms with Gasteiger partial charge in [-0.05, 0) is 44.4 Å². The van der Waals surface area contributed by atoms with Crippen molar-refractivity contribution in [2.24, 2.45) is 5.73 Å². The molecule has 0 heterocycles. The fourth-order valence-electron chi connectivity index (χ4n) is 3.01. The van der Waals surface area contributed by atoms with Gasteiger partial charge in [0.25, 0.3) is 0 Å². The first-order valence-electron chi connectivity index (χ1n) is 7.84. The zero-order valence-corrected chi connectivity index (χ0v) is 13.6. The third-order valence-electron chi connectivity index (χ3n) is 4.23. The van der Waals surface area contributed by atoms with Crippen LogP contribution in [0.25, 0.3) is 0 Å². The summed E-state index contributed by atoms with van der Waals surface area (Å²) in [6, 6.07) is 7.69. The van der Waals surface area contributed by atoms with E-state index in [2.05, 4.69) is 0 Å². The van der Waals surface area contributed by atoms with Gasteiger partial charge in [0.2, 0.25) is 10.0 Å². The first kappa shape index (κ1) is 16.3. The van der Waals surface area contributed by atoms with E-state index in [-0.39, 0.29) is 5.25 Å². The second-order valence-electron chi connectivity index (χ2n) is 5.81. The molecule has 0 aliphatic heterocycles. The van der Waals surface area contributed by atoms with E-state index in [1.807, 2.05) is 31.2 Å². The summed E-state index contributed by atoms with van der Waals surface area (Å²) in [6.45, 7) is 2.93. The van der Waals surface area contributed by atoms with Crippen molar-refractivity contribution in [1.82, 2.24) is 0 Å². The molecule has 2 N–H and O–H groups in total. The van der Waals surface area contributed by atoms with E-state index in [4.69, 9.17) is 5.73 Å². The summed E-state index contributed by atoms with van der Waals surface area (Å²) < 4.78 is 27.7. The lowest BCUT2D eigenvalue weighted by atomic mass is 10.0. The number of benzene rings is 1. The predicted octanol–water partition coefficient (Wildman–Crippen LogP) is 2.81.